The first-order valence-corrected chi connectivity index (χ1v) is 6.13. The quantitative estimate of drug-likeness (QED) is 0.927. The predicted molar refractivity (Wildman–Crippen MR) is 76.7 cm³/mol. The number of ether oxygens (including phenoxy) is 2. The molecule has 2 rings (SSSR count). The zero-order valence-corrected chi connectivity index (χ0v) is 11.6. The number of carboxylic acids is 1. The van der Waals surface area contributed by atoms with Crippen LogP contribution in [0.4, 0.5) is 0 Å². The van der Waals surface area contributed by atoms with E-state index in [0.29, 0.717) is 11.5 Å². The Kier molecular flexibility index (Phi) is 3.94. The van der Waals surface area contributed by atoms with E-state index in [-0.39, 0.29) is 5.56 Å². The van der Waals surface area contributed by atoms with Gasteiger partial charge in [-0.05, 0) is 36.2 Å². The summed E-state index contributed by atoms with van der Waals surface area (Å²) in [5.41, 5.74) is 3.15. The summed E-state index contributed by atoms with van der Waals surface area (Å²) in [5, 5.41) is 8.91. The van der Waals surface area contributed by atoms with Gasteiger partial charge in [0.2, 0.25) is 0 Å². The third kappa shape index (κ3) is 2.45. The van der Waals surface area contributed by atoms with Crippen LogP contribution in [0.2, 0.25) is 0 Å². The predicted octanol–water partition coefficient (Wildman–Crippen LogP) is 3.38. The minimum absolute atomic E-state index is 0.270. The zero-order chi connectivity index (χ0) is 14.7. The molecule has 104 valence electrons. The molecule has 1 N–H and O–H groups in total. The lowest BCUT2D eigenvalue weighted by atomic mass is 9.98. The zero-order valence-electron chi connectivity index (χ0n) is 11.6. The van der Waals surface area contributed by atoms with Crippen LogP contribution in [0, 0.1) is 6.92 Å². The van der Waals surface area contributed by atoms with Gasteiger partial charge in [-0.15, -0.1) is 0 Å². The van der Waals surface area contributed by atoms with Gasteiger partial charge in [0.1, 0.15) is 0 Å². The number of methoxy groups -OCH3 is 2. The Morgan fingerprint density at radius 1 is 1.00 bits per heavy atom. The van der Waals surface area contributed by atoms with E-state index in [2.05, 4.69) is 0 Å². The highest BCUT2D eigenvalue weighted by atomic mass is 16.5. The number of hydrogen-bond donors (Lipinski definition) is 1. The Morgan fingerprint density at radius 3 is 2.15 bits per heavy atom. The largest absolute Gasteiger partial charge is 0.493 e. The highest BCUT2D eigenvalue weighted by Gasteiger charge is 2.12. The molecule has 0 amide bonds. The Morgan fingerprint density at radius 2 is 1.65 bits per heavy atom. The van der Waals surface area contributed by atoms with Crippen molar-refractivity contribution in [1.29, 1.82) is 0 Å². The number of carboxylic acid groups (broad SMARTS) is 1. The van der Waals surface area contributed by atoms with E-state index in [4.69, 9.17) is 14.6 Å². The van der Waals surface area contributed by atoms with Gasteiger partial charge in [0.25, 0.3) is 0 Å². The van der Waals surface area contributed by atoms with Gasteiger partial charge in [-0.1, -0.05) is 18.2 Å². The van der Waals surface area contributed by atoms with Crippen LogP contribution < -0.4 is 9.47 Å². The van der Waals surface area contributed by atoms with Gasteiger partial charge in [0.15, 0.2) is 11.5 Å². The van der Waals surface area contributed by atoms with Crippen LogP contribution >= 0.6 is 0 Å². The minimum atomic E-state index is -0.930. The van der Waals surface area contributed by atoms with Gasteiger partial charge in [0, 0.05) is 5.56 Å². The summed E-state index contributed by atoms with van der Waals surface area (Å²) in [4.78, 5) is 10.9. The minimum Gasteiger partial charge on any atom is -0.493 e. The molecule has 0 spiro atoms. The van der Waals surface area contributed by atoms with Crippen LogP contribution in [-0.2, 0) is 0 Å². The first kappa shape index (κ1) is 13.9. The van der Waals surface area contributed by atoms with Crippen molar-refractivity contribution in [2.45, 2.75) is 6.92 Å². The molecule has 2 aromatic rings. The SMILES string of the molecule is COc1ccc(-c2ccc(C(=O)O)cc2)c(C)c1OC. The Hall–Kier alpha value is -2.49. The van der Waals surface area contributed by atoms with Crippen LogP contribution in [-0.4, -0.2) is 25.3 Å². The van der Waals surface area contributed by atoms with E-state index in [1.165, 1.54) is 0 Å². The lowest BCUT2D eigenvalue weighted by molar-refractivity contribution is 0.0697. The molecule has 0 saturated heterocycles. The van der Waals surface area contributed by atoms with Gasteiger partial charge < -0.3 is 14.6 Å². The topological polar surface area (TPSA) is 55.8 Å². The molecule has 0 aliphatic heterocycles. The maximum absolute atomic E-state index is 10.9. The Bertz CT molecular complexity index is 630. The summed E-state index contributed by atoms with van der Waals surface area (Å²) < 4.78 is 10.6. The van der Waals surface area contributed by atoms with Crippen molar-refractivity contribution in [2.75, 3.05) is 14.2 Å². The van der Waals surface area contributed by atoms with Crippen molar-refractivity contribution in [1.82, 2.24) is 0 Å². The number of hydrogen-bond acceptors (Lipinski definition) is 3. The molecule has 0 aromatic heterocycles. The number of aromatic carboxylic acids is 1. The van der Waals surface area contributed by atoms with E-state index < -0.39 is 5.97 Å². The molecule has 20 heavy (non-hydrogen) atoms. The van der Waals surface area contributed by atoms with Gasteiger partial charge in [0.05, 0.1) is 19.8 Å². The van der Waals surface area contributed by atoms with E-state index in [9.17, 15) is 4.79 Å². The van der Waals surface area contributed by atoms with Crippen molar-refractivity contribution in [3.05, 3.63) is 47.5 Å². The van der Waals surface area contributed by atoms with Crippen molar-refractivity contribution < 1.29 is 19.4 Å². The smallest absolute Gasteiger partial charge is 0.335 e. The summed E-state index contributed by atoms with van der Waals surface area (Å²) in [6, 6.07) is 10.5. The average molecular weight is 272 g/mol. The maximum Gasteiger partial charge on any atom is 0.335 e. The molecule has 0 aliphatic carbocycles. The molecule has 0 unspecified atom stereocenters. The second-order valence-corrected chi connectivity index (χ2v) is 4.36. The standard InChI is InChI=1S/C16H16O4/c1-10-13(8-9-14(19-2)15(10)20-3)11-4-6-12(7-5-11)16(17)18/h4-9H,1-3H3,(H,17,18). The van der Waals surface area contributed by atoms with E-state index >= 15 is 0 Å². The molecule has 0 atom stereocenters. The third-order valence-electron chi connectivity index (χ3n) is 3.24. The van der Waals surface area contributed by atoms with Crippen molar-refractivity contribution >= 4 is 5.97 Å². The van der Waals surface area contributed by atoms with Crippen LogP contribution in [0.25, 0.3) is 11.1 Å². The Labute approximate surface area is 117 Å². The van der Waals surface area contributed by atoms with Gasteiger partial charge in [-0.25, -0.2) is 4.79 Å². The molecule has 4 nitrogen and oxygen atoms in total. The van der Waals surface area contributed by atoms with E-state index in [0.717, 1.165) is 16.7 Å². The van der Waals surface area contributed by atoms with E-state index in [1.54, 1.807) is 38.5 Å². The van der Waals surface area contributed by atoms with Gasteiger partial charge >= 0.3 is 5.97 Å². The Balaban J connectivity index is 2.50. The summed E-state index contributed by atoms with van der Waals surface area (Å²) in [5.74, 6) is 0.434. The summed E-state index contributed by atoms with van der Waals surface area (Å²) in [6.45, 7) is 1.95. The van der Waals surface area contributed by atoms with Gasteiger partial charge in [-0.3, -0.25) is 0 Å². The number of benzene rings is 2. The van der Waals surface area contributed by atoms with Crippen molar-refractivity contribution in [3.63, 3.8) is 0 Å². The first-order valence-electron chi connectivity index (χ1n) is 6.13. The summed E-state index contributed by atoms with van der Waals surface area (Å²) >= 11 is 0. The van der Waals surface area contributed by atoms with Crippen LogP contribution in [0.3, 0.4) is 0 Å². The molecule has 0 fully saturated rings. The first-order chi connectivity index (χ1) is 9.58. The molecular weight excluding hydrogens is 256 g/mol. The van der Waals surface area contributed by atoms with Crippen LogP contribution in [0.5, 0.6) is 11.5 Å². The summed E-state index contributed by atoms with van der Waals surface area (Å²) in [6.07, 6.45) is 0. The molecule has 0 aliphatic rings. The lowest BCUT2D eigenvalue weighted by Crippen LogP contribution is -1.97. The fraction of sp³-hybridized carbons (Fsp3) is 0.188. The van der Waals surface area contributed by atoms with Crippen LogP contribution in [0.15, 0.2) is 36.4 Å². The van der Waals surface area contributed by atoms with Gasteiger partial charge in [-0.2, -0.15) is 0 Å². The third-order valence-corrected chi connectivity index (χ3v) is 3.24. The maximum atomic E-state index is 10.9. The molecule has 4 heteroatoms. The van der Waals surface area contributed by atoms with Crippen LogP contribution in [0.1, 0.15) is 15.9 Å². The fourth-order valence-corrected chi connectivity index (χ4v) is 2.19. The molecular formula is C16H16O4. The molecule has 0 heterocycles. The highest BCUT2D eigenvalue weighted by Crippen LogP contribution is 2.37. The lowest BCUT2D eigenvalue weighted by Gasteiger charge is -2.14. The normalized spacial score (nSPS) is 10.2. The second-order valence-electron chi connectivity index (χ2n) is 4.36. The molecule has 0 radical (unpaired) electrons. The number of rotatable bonds is 4. The fourth-order valence-electron chi connectivity index (χ4n) is 2.19. The van der Waals surface area contributed by atoms with E-state index in [1.807, 2.05) is 19.1 Å². The average Bonchev–Trinajstić information content (AvgIpc) is 2.47. The summed E-state index contributed by atoms with van der Waals surface area (Å²) in [7, 11) is 3.20. The molecule has 0 saturated carbocycles. The number of carbonyl (C=O) groups is 1. The van der Waals surface area contributed by atoms with Crippen molar-refractivity contribution in [3.8, 4) is 22.6 Å². The molecule has 0 bridgehead atoms. The molecule has 2 aromatic carbocycles. The second kappa shape index (κ2) is 5.65. The monoisotopic (exact) mass is 272 g/mol. The van der Waals surface area contributed by atoms with Crippen molar-refractivity contribution in [2.24, 2.45) is 0 Å². The highest BCUT2D eigenvalue weighted by molar-refractivity contribution is 5.88.